The topological polar surface area (TPSA) is 74.8 Å². The van der Waals surface area contributed by atoms with E-state index in [0.717, 1.165) is 31.7 Å². The average molecular weight is 451 g/mol. The first-order valence-corrected chi connectivity index (χ1v) is 12.0. The highest BCUT2D eigenvalue weighted by Crippen LogP contribution is 2.48. The van der Waals surface area contributed by atoms with Gasteiger partial charge in [0.15, 0.2) is 0 Å². The maximum atomic E-state index is 12.9. The Morgan fingerprint density at radius 1 is 1.09 bits per heavy atom. The fourth-order valence-corrected chi connectivity index (χ4v) is 4.33. The number of pyridine rings is 1. The molecule has 2 fully saturated rings. The number of nitrogens with one attached hydrogen (secondary N) is 1. The number of anilines is 1. The van der Waals surface area contributed by atoms with Crippen LogP contribution < -0.4 is 10.2 Å². The Morgan fingerprint density at radius 3 is 2.52 bits per heavy atom. The second-order valence-electron chi connectivity index (χ2n) is 9.11. The highest BCUT2D eigenvalue weighted by atomic mass is 16.5. The number of piperazine rings is 1. The lowest BCUT2D eigenvalue weighted by atomic mass is 10.1. The molecule has 1 saturated carbocycles. The predicted molar refractivity (Wildman–Crippen MR) is 128 cm³/mol. The van der Waals surface area contributed by atoms with Gasteiger partial charge in [0, 0.05) is 51.4 Å². The lowest BCUT2D eigenvalue weighted by Crippen LogP contribution is -2.49. The van der Waals surface area contributed by atoms with E-state index in [1.807, 2.05) is 49.1 Å². The Kier molecular flexibility index (Phi) is 7.60. The third kappa shape index (κ3) is 6.11. The minimum absolute atomic E-state index is 0.119. The second kappa shape index (κ2) is 10.8. The maximum Gasteiger partial charge on any atom is 0.252 e. The van der Waals surface area contributed by atoms with Gasteiger partial charge in [0.2, 0.25) is 5.91 Å². The van der Waals surface area contributed by atoms with Gasteiger partial charge in [-0.25, -0.2) is 4.98 Å². The summed E-state index contributed by atoms with van der Waals surface area (Å²) in [7, 11) is 0. The van der Waals surface area contributed by atoms with E-state index >= 15 is 0 Å². The molecule has 1 aromatic carbocycles. The van der Waals surface area contributed by atoms with Gasteiger partial charge in [-0.3, -0.25) is 9.59 Å². The first-order valence-electron chi connectivity index (χ1n) is 12.0. The molecule has 2 heterocycles. The van der Waals surface area contributed by atoms with Crippen LogP contribution in [0.3, 0.4) is 0 Å². The van der Waals surface area contributed by atoms with Crippen LogP contribution in [0.25, 0.3) is 0 Å². The van der Waals surface area contributed by atoms with Crippen LogP contribution in [0, 0.1) is 5.92 Å². The number of rotatable bonds is 9. The van der Waals surface area contributed by atoms with Crippen LogP contribution in [0.5, 0.6) is 0 Å². The quantitative estimate of drug-likeness (QED) is 0.595. The molecule has 1 aromatic heterocycles. The van der Waals surface area contributed by atoms with Gasteiger partial charge in [-0.1, -0.05) is 30.3 Å². The van der Waals surface area contributed by atoms with Crippen molar-refractivity contribution in [2.75, 3.05) is 44.2 Å². The molecule has 176 valence electrons. The molecule has 1 aliphatic heterocycles. The molecule has 1 aliphatic carbocycles. The number of hydrogen-bond acceptors (Lipinski definition) is 5. The summed E-state index contributed by atoms with van der Waals surface area (Å²) in [5.74, 6) is 1.51. The lowest BCUT2D eigenvalue weighted by molar-refractivity contribution is -0.133. The number of carbonyl (C=O) groups excluding carboxylic acids is 2. The van der Waals surface area contributed by atoms with Gasteiger partial charge >= 0.3 is 0 Å². The van der Waals surface area contributed by atoms with Crippen molar-refractivity contribution >= 4 is 17.6 Å². The molecule has 7 heteroatoms. The van der Waals surface area contributed by atoms with Crippen LogP contribution in [-0.4, -0.2) is 67.1 Å². The summed E-state index contributed by atoms with van der Waals surface area (Å²) >= 11 is 0. The van der Waals surface area contributed by atoms with Crippen molar-refractivity contribution < 1.29 is 14.3 Å². The van der Waals surface area contributed by atoms with Crippen molar-refractivity contribution in [2.45, 2.75) is 38.7 Å². The van der Waals surface area contributed by atoms with Crippen LogP contribution in [0.4, 0.5) is 5.82 Å². The SMILES string of the molecule is CC(C)OCCCNC(=O)c1ccc(N2CCN(C(=O)C3CC3c3ccccc3)CC2)nc1. The number of hydrogen-bond donors (Lipinski definition) is 1. The Morgan fingerprint density at radius 2 is 1.85 bits per heavy atom. The van der Waals surface area contributed by atoms with E-state index in [2.05, 4.69) is 27.3 Å². The highest BCUT2D eigenvalue weighted by Gasteiger charge is 2.46. The van der Waals surface area contributed by atoms with Gasteiger partial charge in [0.25, 0.3) is 5.91 Å². The van der Waals surface area contributed by atoms with Crippen LogP contribution in [-0.2, 0) is 9.53 Å². The fraction of sp³-hybridized carbons (Fsp3) is 0.500. The molecular formula is C26H34N4O3. The molecule has 2 aliphatic rings. The van der Waals surface area contributed by atoms with E-state index in [1.165, 1.54) is 5.56 Å². The van der Waals surface area contributed by atoms with Crippen LogP contribution in [0.2, 0.25) is 0 Å². The van der Waals surface area contributed by atoms with Crippen molar-refractivity contribution in [1.29, 1.82) is 0 Å². The fourth-order valence-electron chi connectivity index (χ4n) is 4.33. The van der Waals surface area contributed by atoms with Crippen molar-refractivity contribution in [1.82, 2.24) is 15.2 Å². The average Bonchev–Trinajstić information content (AvgIpc) is 3.65. The van der Waals surface area contributed by atoms with E-state index < -0.39 is 0 Å². The number of aromatic nitrogens is 1. The van der Waals surface area contributed by atoms with Gasteiger partial charge in [-0.15, -0.1) is 0 Å². The largest absolute Gasteiger partial charge is 0.379 e. The monoisotopic (exact) mass is 450 g/mol. The Balaban J connectivity index is 1.21. The zero-order valence-electron chi connectivity index (χ0n) is 19.6. The standard InChI is InChI=1S/C26H34N4O3/c1-19(2)33-16-6-11-27-25(31)21-9-10-24(28-18-21)29-12-14-30(15-13-29)26(32)23-17-22(23)20-7-4-3-5-8-20/h3-5,7-10,18-19,22-23H,6,11-17H2,1-2H3,(H,27,31). The molecule has 2 aromatic rings. The summed E-state index contributed by atoms with van der Waals surface area (Å²) in [5, 5.41) is 2.91. The molecule has 2 atom stereocenters. The summed E-state index contributed by atoms with van der Waals surface area (Å²) in [6.45, 7) is 8.13. The van der Waals surface area contributed by atoms with Crippen LogP contribution in [0.15, 0.2) is 48.7 Å². The summed E-state index contributed by atoms with van der Waals surface area (Å²) < 4.78 is 5.48. The van der Waals surface area contributed by atoms with Gasteiger partial charge in [-0.05, 0) is 50.3 Å². The van der Waals surface area contributed by atoms with E-state index in [9.17, 15) is 9.59 Å². The Bertz CT molecular complexity index is 924. The van der Waals surface area contributed by atoms with Crippen molar-refractivity contribution in [2.24, 2.45) is 5.92 Å². The summed E-state index contributed by atoms with van der Waals surface area (Å²) in [5.41, 5.74) is 1.82. The van der Waals surface area contributed by atoms with Crippen LogP contribution in [0.1, 0.15) is 48.5 Å². The molecule has 1 N–H and O–H groups in total. The highest BCUT2D eigenvalue weighted by molar-refractivity contribution is 5.94. The number of carbonyl (C=O) groups is 2. The zero-order valence-corrected chi connectivity index (χ0v) is 19.6. The minimum Gasteiger partial charge on any atom is -0.379 e. The van der Waals surface area contributed by atoms with E-state index in [-0.39, 0.29) is 23.8 Å². The van der Waals surface area contributed by atoms with Crippen molar-refractivity contribution in [3.8, 4) is 0 Å². The maximum absolute atomic E-state index is 12.9. The molecule has 2 amide bonds. The van der Waals surface area contributed by atoms with Gasteiger partial charge < -0.3 is 19.9 Å². The zero-order chi connectivity index (χ0) is 23.2. The normalized spacial score (nSPS) is 20.1. The Hall–Kier alpha value is -2.93. The number of nitrogens with zero attached hydrogens (tertiary/aromatic N) is 3. The molecule has 0 bridgehead atoms. The molecule has 33 heavy (non-hydrogen) atoms. The predicted octanol–water partition coefficient (Wildman–Crippen LogP) is 3.08. The van der Waals surface area contributed by atoms with Crippen LogP contribution >= 0.6 is 0 Å². The number of amides is 2. The number of ether oxygens (including phenoxy) is 1. The van der Waals surface area contributed by atoms with Gasteiger partial charge in [-0.2, -0.15) is 0 Å². The molecule has 2 unspecified atom stereocenters. The summed E-state index contributed by atoms with van der Waals surface area (Å²) in [4.78, 5) is 33.9. The van der Waals surface area contributed by atoms with Gasteiger partial charge in [0.1, 0.15) is 5.82 Å². The third-order valence-corrected chi connectivity index (χ3v) is 6.32. The van der Waals surface area contributed by atoms with E-state index in [4.69, 9.17) is 4.74 Å². The van der Waals surface area contributed by atoms with E-state index in [0.29, 0.717) is 37.7 Å². The Labute approximate surface area is 196 Å². The molecule has 1 saturated heterocycles. The second-order valence-corrected chi connectivity index (χ2v) is 9.11. The molecule has 7 nitrogen and oxygen atoms in total. The lowest BCUT2D eigenvalue weighted by Gasteiger charge is -2.35. The molecule has 4 rings (SSSR count). The molecule has 0 spiro atoms. The molecule has 0 radical (unpaired) electrons. The summed E-state index contributed by atoms with van der Waals surface area (Å²) in [6, 6.07) is 14.0. The molecular weight excluding hydrogens is 416 g/mol. The first-order chi connectivity index (χ1) is 16.0. The number of benzene rings is 1. The minimum atomic E-state index is -0.119. The first kappa shape index (κ1) is 23.2. The van der Waals surface area contributed by atoms with E-state index in [1.54, 1.807) is 6.20 Å². The summed E-state index contributed by atoms with van der Waals surface area (Å²) in [6.07, 6.45) is 3.57. The smallest absolute Gasteiger partial charge is 0.252 e. The third-order valence-electron chi connectivity index (χ3n) is 6.32. The van der Waals surface area contributed by atoms with Crippen molar-refractivity contribution in [3.63, 3.8) is 0 Å². The van der Waals surface area contributed by atoms with Crippen molar-refractivity contribution in [3.05, 3.63) is 59.8 Å². The van der Waals surface area contributed by atoms with Gasteiger partial charge in [0.05, 0.1) is 11.7 Å².